The van der Waals surface area contributed by atoms with Crippen molar-refractivity contribution < 1.29 is 18.7 Å². The van der Waals surface area contributed by atoms with Crippen molar-refractivity contribution in [1.29, 1.82) is 0 Å². The quantitative estimate of drug-likeness (QED) is 0.864. The Labute approximate surface area is 164 Å². The van der Waals surface area contributed by atoms with Gasteiger partial charge in [-0.05, 0) is 49.4 Å². The molecule has 28 heavy (non-hydrogen) atoms. The number of rotatable bonds is 4. The summed E-state index contributed by atoms with van der Waals surface area (Å²) in [6.45, 7) is 3.76. The third kappa shape index (κ3) is 3.97. The van der Waals surface area contributed by atoms with Gasteiger partial charge in [-0.3, -0.25) is 0 Å². The van der Waals surface area contributed by atoms with Crippen molar-refractivity contribution in [1.82, 2.24) is 10.2 Å². The summed E-state index contributed by atoms with van der Waals surface area (Å²) in [6, 6.07) is 11.3. The van der Waals surface area contributed by atoms with E-state index < -0.39 is 0 Å². The molecule has 148 valence electrons. The van der Waals surface area contributed by atoms with Crippen LogP contribution in [-0.2, 0) is 17.8 Å². The van der Waals surface area contributed by atoms with Gasteiger partial charge in [0.05, 0.1) is 12.6 Å². The molecule has 0 spiro atoms. The molecule has 0 aromatic heterocycles. The van der Waals surface area contributed by atoms with Gasteiger partial charge in [-0.2, -0.15) is 0 Å². The van der Waals surface area contributed by atoms with Crippen molar-refractivity contribution in [3.63, 3.8) is 0 Å². The molecule has 4 rings (SSSR count). The van der Waals surface area contributed by atoms with E-state index in [9.17, 15) is 9.18 Å². The number of hydrogen-bond donors (Lipinski definition) is 1. The second kappa shape index (κ2) is 8.19. The van der Waals surface area contributed by atoms with Crippen molar-refractivity contribution in [2.24, 2.45) is 0 Å². The first-order valence-electron chi connectivity index (χ1n) is 9.74. The molecule has 2 aromatic rings. The van der Waals surface area contributed by atoms with Gasteiger partial charge in [0.2, 0.25) is 0 Å². The number of carbonyl (C=O) groups excluding carboxylic acids is 1. The van der Waals surface area contributed by atoms with Crippen LogP contribution in [0, 0.1) is 12.7 Å². The van der Waals surface area contributed by atoms with E-state index in [1.54, 1.807) is 0 Å². The minimum atomic E-state index is -0.312. The second-order valence-corrected chi connectivity index (χ2v) is 7.41. The summed E-state index contributed by atoms with van der Waals surface area (Å²) < 4.78 is 24.6. The lowest BCUT2D eigenvalue weighted by atomic mass is 10.0. The number of hydrogen-bond acceptors (Lipinski definition) is 3. The zero-order valence-electron chi connectivity index (χ0n) is 16.0. The molecule has 2 heterocycles. The molecule has 1 saturated heterocycles. The van der Waals surface area contributed by atoms with E-state index in [2.05, 4.69) is 30.4 Å². The Morgan fingerprint density at radius 1 is 1.32 bits per heavy atom. The fraction of sp³-hybridized carbons (Fsp3) is 0.409. The van der Waals surface area contributed by atoms with Crippen LogP contribution >= 0.6 is 0 Å². The Bertz CT molecular complexity index is 871. The summed E-state index contributed by atoms with van der Waals surface area (Å²) in [6.07, 6.45) is 2.48. The zero-order valence-corrected chi connectivity index (χ0v) is 16.0. The average Bonchev–Trinajstić information content (AvgIpc) is 3.18. The molecule has 2 aromatic carbocycles. The molecule has 2 aliphatic rings. The monoisotopic (exact) mass is 384 g/mol. The summed E-state index contributed by atoms with van der Waals surface area (Å²) in [4.78, 5) is 14.7. The number of carbonyl (C=O) groups is 1. The van der Waals surface area contributed by atoms with Crippen molar-refractivity contribution in [2.45, 2.75) is 38.8 Å². The van der Waals surface area contributed by atoms with E-state index in [1.165, 1.54) is 23.3 Å². The van der Waals surface area contributed by atoms with Gasteiger partial charge in [-0.15, -0.1) is 0 Å². The largest absolute Gasteiger partial charge is 0.467 e. The Morgan fingerprint density at radius 2 is 2.21 bits per heavy atom. The van der Waals surface area contributed by atoms with Crippen LogP contribution in [0.4, 0.5) is 9.18 Å². The first-order valence-corrected chi connectivity index (χ1v) is 9.74. The van der Waals surface area contributed by atoms with Gasteiger partial charge in [-0.25, -0.2) is 9.18 Å². The van der Waals surface area contributed by atoms with Crippen LogP contribution in [0.3, 0.4) is 0 Å². The van der Waals surface area contributed by atoms with E-state index in [4.69, 9.17) is 9.47 Å². The predicted molar refractivity (Wildman–Crippen MR) is 104 cm³/mol. The van der Waals surface area contributed by atoms with E-state index in [0.29, 0.717) is 30.9 Å². The van der Waals surface area contributed by atoms with Gasteiger partial charge in [0, 0.05) is 18.7 Å². The van der Waals surface area contributed by atoms with Gasteiger partial charge in [0.15, 0.2) is 6.79 Å². The topological polar surface area (TPSA) is 50.8 Å². The van der Waals surface area contributed by atoms with Crippen LogP contribution in [0.25, 0.3) is 0 Å². The molecule has 0 aliphatic carbocycles. The van der Waals surface area contributed by atoms with Crippen LogP contribution in [0.1, 0.15) is 41.1 Å². The van der Waals surface area contributed by atoms with Gasteiger partial charge < -0.3 is 19.7 Å². The Kier molecular flexibility index (Phi) is 5.48. The van der Waals surface area contributed by atoms with Crippen LogP contribution in [0.2, 0.25) is 0 Å². The molecule has 0 radical (unpaired) electrons. The second-order valence-electron chi connectivity index (χ2n) is 7.41. The first kappa shape index (κ1) is 18.7. The number of ether oxygens (including phenoxy) is 2. The SMILES string of the molecule is Cc1cccc(C2CCCN2C(=O)NCCc2cc(F)cc3c2OCOC3)c1. The van der Waals surface area contributed by atoms with Gasteiger partial charge in [0.1, 0.15) is 11.6 Å². The van der Waals surface area contributed by atoms with Crippen LogP contribution < -0.4 is 10.1 Å². The molecule has 1 N–H and O–H groups in total. The first-order chi connectivity index (χ1) is 13.6. The minimum absolute atomic E-state index is 0.0708. The number of likely N-dealkylation sites (tertiary alicyclic amines) is 1. The standard InChI is InChI=1S/C22H25FN2O3/c1-15-4-2-5-16(10-15)20-6-3-9-25(20)22(26)24-8-7-17-11-19(23)12-18-13-27-14-28-21(17)18/h2,4-5,10-12,20H,3,6-9,13-14H2,1H3,(H,24,26). The van der Waals surface area contributed by atoms with Crippen LogP contribution in [0.5, 0.6) is 5.75 Å². The predicted octanol–water partition coefficient (Wildman–Crippen LogP) is 4.09. The maximum Gasteiger partial charge on any atom is 0.317 e. The molecule has 1 unspecified atom stereocenters. The van der Waals surface area contributed by atoms with Crippen molar-refractivity contribution in [3.8, 4) is 5.75 Å². The fourth-order valence-corrected chi connectivity index (χ4v) is 4.08. The smallest absolute Gasteiger partial charge is 0.317 e. The number of urea groups is 1. The average molecular weight is 384 g/mol. The maximum absolute atomic E-state index is 13.9. The lowest BCUT2D eigenvalue weighted by Crippen LogP contribution is -2.40. The van der Waals surface area contributed by atoms with E-state index in [1.807, 2.05) is 11.0 Å². The lowest BCUT2D eigenvalue weighted by Gasteiger charge is -2.26. The Morgan fingerprint density at radius 3 is 3.07 bits per heavy atom. The molecular formula is C22H25FN2O3. The molecule has 2 aliphatic heterocycles. The number of fused-ring (bicyclic) bond motifs is 1. The number of aryl methyl sites for hydroxylation is 1. The molecule has 0 saturated carbocycles. The van der Waals surface area contributed by atoms with Crippen molar-refractivity contribution >= 4 is 6.03 Å². The Hall–Kier alpha value is -2.60. The number of nitrogens with zero attached hydrogens (tertiary/aromatic N) is 1. The Balaban J connectivity index is 1.39. The molecule has 1 fully saturated rings. The van der Waals surface area contributed by atoms with E-state index in [-0.39, 0.29) is 24.7 Å². The van der Waals surface area contributed by atoms with Crippen molar-refractivity contribution in [2.75, 3.05) is 19.9 Å². The summed E-state index contributed by atoms with van der Waals surface area (Å²) in [5.41, 5.74) is 3.85. The highest BCUT2D eigenvalue weighted by atomic mass is 19.1. The molecule has 6 heteroatoms. The summed E-state index contributed by atoms with van der Waals surface area (Å²) in [5, 5.41) is 2.99. The highest BCUT2D eigenvalue weighted by Crippen LogP contribution is 2.32. The number of nitrogens with one attached hydrogen (secondary N) is 1. The van der Waals surface area contributed by atoms with Crippen LogP contribution in [0.15, 0.2) is 36.4 Å². The highest BCUT2D eigenvalue weighted by Gasteiger charge is 2.29. The number of amides is 2. The highest BCUT2D eigenvalue weighted by molar-refractivity contribution is 5.75. The summed E-state index contributed by atoms with van der Waals surface area (Å²) >= 11 is 0. The molecular weight excluding hydrogens is 359 g/mol. The third-order valence-electron chi connectivity index (χ3n) is 5.36. The van der Waals surface area contributed by atoms with Crippen molar-refractivity contribution in [3.05, 3.63) is 64.5 Å². The van der Waals surface area contributed by atoms with Gasteiger partial charge in [0.25, 0.3) is 0 Å². The van der Waals surface area contributed by atoms with Crippen LogP contribution in [-0.4, -0.2) is 30.8 Å². The molecule has 0 bridgehead atoms. The maximum atomic E-state index is 13.9. The molecule has 1 atom stereocenters. The normalized spacial score (nSPS) is 18.5. The zero-order chi connectivity index (χ0) is 19.5. The van der Waals surface area contributed by atoms with Gasteiger partial charge >= 0.3 is 6.03 Å². The minimum Gasteiger partial charge on any atom is -0.467 e. The summed E-state index contributed by atoms with van der Waals surface area (Å²) in [5.74, 6) is 0.369. The van der Waals surface area contributed by atoms with Gasteiger partial charge in [-0.1, -0.05) is 29.8 Å². The fourth-order valence-electron chi connectivity index (χ4n) is 4.08. The van der Waals surface area contributed by atoms with E-state index in [0.717, 1.165) is 24.9 Å². The number of halogens is 1. The van der Waals surface area contributed by atoms with E-state index >= 15 is 0 Å². The number of benzene rings is 2. The summed E-state index contributed by atoms with van der Waals surface area (Å²) in [7, 11) is 0. The molecule has 2 amide bonds. The molecule has 5 nitrogen and oxygen atoms in total. The lowest BCUT2D eigenvalue weighted by molar-refractivity contribution is -0.0172. The third-order valence-corrected chi connectivity index (χ3v) is 5.36.